The molecule has 0 saturated carbocycles. The number of hydrogen-bond acceptors (Lipinski definition) is 6. The minimum atomic E-state index is -0.782. The first-order chi connectivity index (χ1) is 34.0. The fourth-order valence-corrected chi connectivity index (χ4v) is 8.33. The Labute approximate surface area is 427 Å². The Morgan fingerprint density at radius 2 is 0.565 bits per heavy atom. The Kier molecular flexibility index (Phi) is 54.8. The summed E-state index contributed by atoms with van der Waals surface area (Å²) in [5.41, 5.74) is 0. The maximum Gasteiger partial charge on any atom is 0.306 e. The van der Waals surface area contributed by atoms with Gasteiger partial charge >= 0.3 is 17.9 Å². The van der Waals surface area contributed by atoms with Crippen LogP contribution in [0.1, 0.15) is 290 Å². The maximum absolute atomic E-state index is 12.9. The summed E-state index contributed by atoms with van der Waals surface area (Å²) >= 11 is 0. The largest absolute Gasteiger partial charge is 0.462 e. The Morgan fingerprint density at radius 3 is 0.884 bits per heavy atom. The van der Waals surface area contributed by atoms with Gasteiger partial charge in [-0.2, -0.15) is 0 Å². The molecule has 0 aliphatic heterocycles. The van der Waals surface area contributed by atoms with E-state index in [1.807, 2.05) is 0 Å². The van der Waals surface area contributed by atoms with E-state index in [1.165, 1.54) is 141 Å². The number of rotatable bonds is 53. The van der Waals surface area contributed by atoms with Gasteiger partial charge in [0.05, 0.1) is 0 Å². The van der Waals surface area contributed by atoms with Crippen LogP contribution in [-0.2, 0) is 28.6 Å². The molecule has 0 aromatic rings. The summed E-state index contributed by atoms with van der Waals surface area (Å²) in [6, 6.07) is 0. The molecule has 0 amide bonds. The lowest BCUT2D eigenvalue weighted by Crippen LogP contribution is -2.30. The number of carbonyl (C=O) groups is 3. The van der Waals surface area contributed by atoms with Crippen LogP contribution < -0.4 is 0 Å². The summed E-state index contributed by atoms with van der Waals surface area (Å²) in [4.78, 5) is 38.1. The van der Waals surface area contributed by atoms with Crippen molar-refractivity contribution in [3.05, 3.63) is 72.9 Å². The van der Waals surface area contributed by atoms with E-state index in [0.29, 0.717) is 19.3 Å². The van der Waals surface area contributed by atoms with Gasteiger partial charge < -0.3 is 14.2 Å². The lowest BCUT2D eigenvalue weighted by atomic mass is 10.0. The highest BCUT2D eigenvalue weighted by atomic mass is 16.6. The molecule has 0 spiro atoms. The molecule has 0 aliphatic carbocycles. The van der Waals surface area contributed by atoms with Crippen molar-refractivity contribution in [1.82, 2.24) is 0 Å². The molecule has 69 heavy (non-hydrogen) atoms. The zero-order chi connectivity index (χ0) is 50.0. The molecule has 1 unspecified atom stereocenters. The molecule has 0 aromatic heterocycles. The minimum absolute atomic E-state index is 0.0800. The maximum atomic E-state index is 12.9. The highest BCUT2D eigenvalue weighted by molar-refractivity contribution is 5.71. The summed E-state index contributed by atoms with van der Waals surface area (Å²) in [6.45, 7) is 6.52. The van der Waals surface area contributed by atoms with Gasteiger partial charge in [-0.25, -0.2) is 0 Å². The van der Waals surface area contributed by atoms with Gasteiger partial charge in [0.15, 0.2) is 6.10 Å². The van der Waals surface area contributed by atoms with Crippen LogP contribution in [0, 0.1) is 0 Å². The first-order valence-electron chi connectivity index (χ1n) is 29.4. The molecular formula is C63H110O6. The molecule has 0 fully saturated rings. The zero-order valence-electron chi connectivity index (χ0n) is 45.6. The molecule has 0 N–H and O–H groups in total. The Morgan fingerprint density at radius 1 is 0.304 bits per heavy atom. The van der Waals surface area contributed by atoms with E-state index in [-0.39, 0.29) is 31.1 Å². The van der Waals surface area contributed by atoms with E-state index in [0.717, 1.165) is 109 Å². The smallest absolute Gasteiger partial charge is 0.306 e. The Balaban J connectivity index is 4.33. The second-order valence-electron chi connectivity index (χ2n) is 19.5. The standard InChI is InChI=1S/C63H110O6/c1-4-7-10-13-16-19-22-24-26-28-30-31-32-33-34-36-37-39-41-44-47-50-53-56-62(65)68-59-60(58-67-61(64)55-52-49-46-43-21-18-15-12-9-6-3)69-63(66)57-54-51-48-45-42-40-38-35-29-27-25-23-20-17-14-11-8-5-2/h7,10,16,19,24,26,30-31,33-34,37,39,60H,4-6,8-9,11-15,17-18,20-23,25,27-29,32,35-36,38,40-59H2,1-3H3/b10-7-,19-16-,26-24-,31-30-,34-33-,39-37-. The highest BCUT2D eigenvalue weighted by Crippen LogP contribution is 2.16. The number of esters is 3. The van der Waals surface area contributed by atoms with Gasteiger partial charge in [0, 0.05) is 19.3 Å². The van der Waals surface area contributed by atoms with Crippen LogP contribution in [0.25, 0.3) is 0 Å². The van der Waals surface area contributed by atoms with Gasteiger partial charge in [0.2, 0.25) is 0 Å². The van der Waals surface area contributed by atoms with E-state index in [1.54, 1.807) is 0 Å². The first kappa shape index (κ1) is 65.8. The molecule has 398 valence electrons. The number of ether oxygens (including phenoxy) is 3. The minimum Gasteiger partial charge on any atom is -0.462 e. The summed E-state index contributed by atoms with van der Waals surface area (Å²) < 4.78 is 16.8. The second kappa shape index (κ2) is 57.4. The third kappa shape index (κ3) is 55.6. The molecule has 0 heterocycles. The molecular weight excluding hydrogens is 853 g/mol. The summed E-state index contributed by atoms with van der Waals surface area (Å²) in [5.74, 6) is -0.896. The van der Waals surface area contributed by atoms with Crippen molar-refractivity contribution < 1.29 is 28.6 Å². The SMILES string of the molecule is CC/C=C\C/C=C\C/C=C\C/C=C\C/C=C\C/C=C\CCCCCCC(=O)OCC(COC(=O)CCCCCCCCCCCC)OC(=O)CCCCCCCCCCCCCCCCCCCC. The molecule has 1 atom stereocenters. The van der Waals surface area contributed by atoms with E-state index >= 15 is 0 Å². The quantitative estimate of drug-likeness (QED) is 0.0262. The van der Waals surface area contributed by atoms with E-state index in [9.17, 15) is 14.4 Å². The lowest BCUT2D eigenvalue weighted by Gasteiger charge is -2.18. The van der Waals surface area contributed by atoms with Gasteiger partial charge in [-0.15, -0.1) is 0 Å². The number of carbonyl (C=O) groups excluding carboxylic acids is 3. The molecule has 0 bridgehead atoms. The van der Waals surface area contributed by atoms with Crippen molar-refractivity contribution >= 4 is 17.9 Å². The van der Waals surface area contributed by atoms with Crippen LogP contribution in [0.2, 0.25) is 0 Å². The van der Waals surface area contributed by atoms with Crippen molar-refractivity contribution in [2.75, 3.05) is 13.2 Å². The Bertz CT molecular complexity index is 1290. The second-order valence-corrected chi connectivity index (χ2v) is 19.5. The van der Waals surface area contributed by atoms with E-state index < -0.39 is 6.10 Å². The third-order valence-corrected chi connectivity index (χ3v) is 12.7. The fourth-order valence-electron chi connectivity index (χ4n) is 8.33. The summed E-state index contributed by atoms with van der Waals surface area (Å²) in [6.07, 6.45) is 73.3. The number of unbranched alkanes of at least 4 members (excludes halogenated alkanes) is 30. The van der Waals surface area contributed by atoms with E-state index in [4.69, 9.17) is 14.2 Å². The van der Waals surface area contributed by atoms with Crippen molar-refractivity contribution in [3.63, 3.8) is 0 Å². The average Bonchev–Trinajstić information content (AvgIpc) is 3.35. The summed E-state index contributed by atoms with van der Waals surface area (Å²) in [5, 5.41) is 0. The van der Waals surface area contributed by atoms with Crippen LogP contribution in [0.3, 0.4) is 0 Å². The predicted molar refractivity (Wildman–Crippen MR) is 298 cm³/mol. The van der Waals surface area contributed by atoms with Gasteiger partial charge in [0.25, 0.3) is 0 Å². The van der Waals surface area contributed by atoms with Crippen LogP contribution in [0.4, 0.5) is 0 Å². The highest BCUT2D eigenvalue weighted by Gasteiger charge is 2.19. The summed E-state index contributed by atoms with van der Waals surface area (Å²) in [7, 11) is 0. The van der Waals surface area contributed by atoms with Crippen LogP contribution >= 0.6 is 0 Å². The molecule has 6 nitrogen and oxygen atoms in total. The Hall–Kier alpha value is -3.15. The number of hydrogen-bond donors (Lipinski definition) is 0. The third-order valence-electron chi connectivity index (χ3n) is 12.7. The van der Waals surface area contributed by atoms with Gasteiger partial charge in [-0.05, 0) is 70.6 Å². The molecule has 0 saturated heterocycles. The van der Waals surface area contributed by atoms with E-state index in [2.05, 4.69) is 93.7 Å². The topological polar surface area (TPSA) is 78.9 Å². The molecule has 0 radical (unpaired) electrons. The fraction of sp³-hybridized carbons (Fsp3) is 0.762. The van der Waals surface area contributed by atoms with Crippen LogP contribution in [0.5, 0.6) is 0 Å². The van der Waals surface area contributed by atoms with Gasteiger partial charge in [-0.1, -0.05) is 273 Å². The van der Waals surface area contributed by atoms with Gasteiger partial charge in [0.1, 0.15) is 13.2 Å². The lowest BCUT2D eigenvalue weighted by molar-refractivity contribution is -0.167. The van der Waals surface area contributed by atoms with Crippen molar-refractivity contribution in [2.45, 2.75) is 297 Å². The normalized spacial score (nSPS) is 12.6. The van der Waals surface area contributed by atoms with Crippen LogP contribution in [-0.4, -0.2) is 37.2 Å². The molecule has 0 aliphatic rings. The molecule has 0 rings (SSSR count). The average molecular weight is 964 g/mol. The zero-order valence-corrected chi connectivity index (χ0v) is 45.6. The number of allylic oxidation sites excluding steroid dienone is 12. The van der Waals surface area contributed by atoms with Crippen molar-refractivity contribution in [1.29, 1.82) is 0 Å². The predicted octanol–water partition coefficient (Wildman–Crippen LogP) is 19.8. The van der Waals surface area contributed by atoms with Crippen molar-refractivity contribution in [3.8, 4) is 0 Å². The monoisotopic (exact) mass is 963 g/mol. The van der Waals surface area contributed by atoms with Crippen molar-refractivity contribution in [2.24, 2.45) is 0 Å². The molecule has 0 aromatic carbocycles. The van der Waals surface area contributed by atoms with Gasteiger partial charge in [-0.3, -0.25) is 14.4 Å². The first-order valence-corrected chi connectivity index (χ1v) is 29.4. The van der Waals surface area contributed by atoms with Crippen LogP contribution in [0.15, 0.2) is 72.9 Å². The molecule has 6 heteroatoms.